The molecule has 8 heteroatoms. The average molecular weight is 672 g/mol. The number of amides is 2. The summed E-state index contributed by atoms with van der Waals surface area (Å²) in [4.78, 5) is 28.3. The molecule has 1 N–H and O–H groups in total. The first-order chi connectivity index (χ1) is 23.9. The molecule has 0 radical (unpaired) electrons. The lowest BCUT2D eigenvalue weighted by molar-refractivity contribution is -0.268. The van der Waals surface area contributed by atoms with E-state index in [0.717, 1.165) is 44.0 Å². The highest BCUT2D eigenvalue weighted by molar-refractivity contribution is 7.99. The number of nitrogens with zero attached hydrogens (tertiary/aromatic N) is 1. The van der Waals surface area contributed by atoms with Crippen molar-refractivity contribution in [1.29, 1.82) is 0 Å². The van der Waals surface area contributed by atoms with Crippen molar-refractivity contribution >= 4 is 23.6 Å². The maximum Gasteiger partial charge on any atom is 0.261 e. The highest BCUT2D eigenvalue weighted by atomic mass is 32.2. The molecule has 2 aliphatic heterocycles. The number of aliphatic hydroxyl groups excluding tert-OH is 1. The maximum atomic E-state index is 12.9. The van der Waals surface area contributed by atoms with Gasteiger partial charge in [-0.05, 0) is 58.1 Å². The van der Waals surface area contributed by atoms with Gasteiger partial charge in [0, 0.05) is 22.1 Å². The third kappa shape index (κ3) is 6.78. The summed E-state index contributed by atoms with van der Waals surface area (Å²) in [5.41, 5.74) is 6.54. The highest BCUT2D eigenvalue weighted by Crippen LogP contribution is 2.44. The first-order valence-electron chi connectivity index (χ1n) is 16.3. The van der Waals surface area contributed by atoms with Crippen molar-refractivity contribution < 1.29 is 28.9 Å². The Bertz CT molecular complexity index is 1930. The van der Waals surface area contributed by atoms with E-state index in [1.165, 1.54) is 4.90 Å². The minimum absolute atomic E-state index is 0.0106. The molecule has 5 aromatic carbocycles. The van der Waals surface area contributed by atoms with Gasteiger partial charge in [0.1, 0.15) is 5.75 Å². The molecule has 0 aliphatic carbocycles. The zero-order chi connectivity index (χ0) is 33.9. The van der Waals surface area contributed by atoms with Gasteiger partial charge in [0.25, 0.3) is 11.8 Å². The first kappa shape index (κ1) is 32.8. The molecule has 2 aliphatic rings. The molecule has 0 saturated carbocycles. The van der Waals surface area contributed by atoms with Gasteiger partial charge in [-0.3, -0.25) is 14.5 Å². The summed E-state index contributed by atoms with van der Waals surface area (Å²) >= 11 is 1.71. The number of hydrogen-bond donors (Lipinski definition) is 1. The molecule has 0 aromatic heterocycles. The summed E-state index contributed by atoms with van der Waals surface area (Å²) in [6, 6.07) is 38.9. The van der Waals surface area contributed by atoms with Crippen LogP contribution in [0.5, 0.6) is 5.75 Å². The van der Waals surface area contributed by atoms with Crippen LogP contribution in [0.25, 0.3) is 11.1 Å². The lowest BCUT2D eigenvalue weighted by Gasteiger charge is -2.41. The van der Waals surface area contributed by atoms with Crippen molar-refractivity contribution in [3.63, 3.8) is 0 Å². The van der Waals surface area contributed by atoms with E-state index in [4.69, 9.17) is 14.2 Å². The summed E-state index contributed by atoms with van der Waals surface area (Å²) in [6.07, 6.45) is -0.917. The van der Waals surface area contributed by atoms with Crippen LogP contribution in [0.1, 0.15) is 62.3 Å². The van der Waals surface area contributed by atoms with Crippen LogP contribution in [-0.4, -0.2) is 40.8 Å². The second-order valence-electron chi connectivity index (χ2n) is 12.3. The van der Waals surface area contributed by atoms with Crippen LogP contribution in [-0.2, 0) is 22.6 Å². The van der Waals surface area contributed by atoms with Gasteiger partial charge in [0.05, 0.1) is 43.6 Å². The van der Waals surface area contributed by atoms with Crippen LogP contribution in [0.15, 0.2) is 126 Å². The molecule has 7 nitrogen and oxygen atoms in total. The molecule has 0 spiro atoms. The topological polar surface area (TPSA) is 85.3 Å². The van der Waals surface area contributed by atoms with Crippen LogP contribution in [0.4, 0.5) is 0 Å². The fourth-order valence-electron chi connectivity index (χ4n) is 6.47. The second-order valence-corrected chi connectivity index (χ2v) is 13.4. The number of imide groups is 1. The van der Waals surface area contributed by atoms with E-state index in [0.29, 0.717) is 16.9 Å². The zero-order valence-corrected chi connectivity index (χ0v) is 28.1. The van der Waals surface area contributed by atoms with E-state index in [1.54, 1.807) is 43.1 Å². The van der Waals surface area contributed by atoms with Gasteiger partial charge in [-0.2, -0.15) is 0 Å². The Labute approximate surface area is 290 Å². The Hall–Kier alpha value is -4.73. The third-order valence-electron chi connectivity index (χ3n) is 9.26. The van der Waals surface area contributed by atoms with Crippen LogP contribution in [0, 0.1) is 5.92 Å². The molecular formula is C41H37NO6S. The van der Waals surface area contributed by atoms with Gasteiger partial charge >= 0.3 is 0 Å². The predicted octanol–water partition coefficient (Wildman–Crippen LogP) is 8.23. The lowest BCUT2D eigenvalue weighted by atomic mass is 9.91. The normalized spacial score (nSPS) is 20.3. The minimum atomic E-state index is -0.587. The van der Waals surface area contributed by atoms with E-state index in [9.17, 15) is 14.7 Å². The van der Waals surface area contributed by atoms with Crippen molar-refractivity contribution in [3.8, 4) is 16.9 Å². The van der Waals surface area contributed by atoms with Crippen LogP contribution in [0.3, 0.4) is 0 Å². The van der Waals surface area contributed by atoms with Gasteiger partial charge in [-0.15, -0.1) is 11.8 Å². The number of hydrogen-bond acceptors (Lipinski definition) is 7. The number of thioether (sulfide) groups is 1. The third-order valence-corrected chi connectivity index (χ3v) is 10.4. The highest BCUT2D eigenvalue weighted by Gasteiger charge is 2.39. The van der Waals surface area contributed by atoms with E-state index in [2.05, 4.69) is 13.0 Å². The predicted molar refractivity (Wildman–Crippen MR) is 189 cm³/mol. The number of rotatable bonds is 10. The van der Waals surface area contributed by atoms with E-state index in [1.807, 2.05) is 91.0 Å². The smallest absolute Gasteiger partial charge is 0.261 e. The summed E-state index contributed by atoms with van der Waals surface area (Å²) in [6.45, 7) is 2.35. The molecule has 1 fully saturated rings. The zero-order valence-electron chi connectivity index (χ0n) is 27.3. The summed E-state index contributed by atoms with van der Waals surface area (Å²) in [5.74, 6) is 1.08. The van der Waals surface area contributed by atoms with Gasteiger partial charge in [-0.1, -0.05) is 97.9 Å². The molecule has 4 atom stereocenters. The van der Waals surface area contributed by atoms with Crippen molar-refractivity contribution in [2.45, 2.75) is 43.5 Å². The fourth-order valence-corrected chi connectivity index (χ4v) is 7.66. The molecule has 2 amide bonds. The number of benzene rings is 5. The SMILES string of the molecule is COc1ccccc1SC[C@@H]1O[C@H](c2ccc(-c3cccc(CN4C(=O)c5ccccc5C4=O)c3)cc2)O[C@H](c2ccc(CO)cc2)[C@@H]1C. The monoisotopic (exact) mass is 671 g/mol. The lowest BCUT2D eigenvalue weighted by Crippen LogP contribution is -2.38. The van der Waals surface area contributed by atoms with Crippen molar-refractivity contribution in [3.05, 3.63) is 155 Å². The summed E-state index contributed by atoms with van der Waals surface area (Å²) in [7, 11) is 1.68. The molecule has 0 bridgehead atoms. The van der Waals surface area contributed by atoms with Gasteiger partial charge in [-0.25, -0.2) is 0 Å². The Morgan fingerprint density at radius 1 is 0.735 bits per heavy atom. The van der Waals surface area contributed by atoms with Crippen LogP contribution < -0.4 is 4.74 Å². The van der Waals surface area contributed by atoms with Crippen molar-refractivity contribution in [2.24, 2.45) is 5.92 Å². The van der Waals surface area contributed by atoms with Crippen molar-refractivity contribution in [2.75, 3.05) is 12.9 Å². The molecular weight excluding hydrogens is 635 g/mol. The molecule has 0 unspecified atom stereocenters. The number of ether oxygens (including phenoxy) is 3. The standard InChI is InChI=1S/C41H37NO6S/c1-26-36(25-49-37-13-6-5-12-35(37)46-2)47-41(48-38(26)30-16-14-27(24-43)15-17-30)31-20-18-29(19-21-31)32-9-7-8-28(22-32)23-42-39(44)33-10-3-4-11-34(33)40(42)45/h3-22,26,36,38,41,43H,23-25H2,1-2H3/t26-,36+,38+,41+/m1/s1. The van der Waals surface area contributed by atoms with Crippen molar-refractivity contribution in [1.82, 2.24) is 4.90 Å². The number of para-hydroxylation sites is 1. The van der Waals surface area contributed by atoms with Gasteiger partial charge in [0.2, 0.25) is 0 Å². The van der Waals surface area contributed by atoms with E-state index < -0.39 is 6.29 Å². The fraction of sp³-hybridized carbons (Fsp3) is 0.220. The number of carbonyl (C=O) groups is 2. The largest absolute Gasteiger partial charge is 0.496 e. The molecule has 49 heavy (non-hydrogen) atoms. The van der Waals surface area contributed by atoms with Crippen LogP contribution >= 0.6 is 11.8 Å². The Morgan fingerprint density at radius 2 is 1.41 bits per heavy atom. The quantitative estimate of drug-likeness (QED) is 0.118. The summed E-state index contributed by atoms with van der Waals surface area (Å²) < 4.78 is 18.9. The minimum Gasteiger partial charge on any atom is -0.496 e. The number of aliphatic hydroxyl groups is 1. The maximum absolute atomic E-state index is 12.9. The summed E-state index contributed by atoms with van der Waals surface area (Å²) in [5, 5.41) is 9.59. The Kier molecular flexibility index (Phi) is 9.64. The first-order valence-corrected chi connectivity index (χ1v) is 17.3. The number of carbonyl (C=O) groups excluding carboxylic acids is 2. The second kappa shape index (κ2) is 14.4. The molecule has 248 valence electrons. The molecule has 2 heterocycles. The Balaban J connectivity index is 1.10. The van der Waals surface area contributed by atoms with E-state index in [-0.39, 0.29) is 43.1 Å². The molecule has 5 aromatic rings. The average Bonchev–Trinajstić information content (AvgIpc) is 3.39. The number of fused-ring (bicyclic) bond motifs is 1. The van der Waals surface area contributed by atoms with Gasteiger partial charge < -0.3 is 19.3 Å². The molecule has 7 rings (SSSR count). The molecule has 1 saturated heterocycles. The van der Waals surface area contributed by atoms with Crippen LogP contribution in [0.2, 0.25) is 0 Å². The Morgan fingerprint density at radius 3 is 2.10 bits per heavy atom. The van der Waals surface area contributed by atoms with Gasteiger partial charge in [0.15, 0.2) is 6.29 Å². The number of methoxy groups -OCH3 is 1. The van der Waals surface area contributed by atoms with E-state index >= 15 is 0 Å².